The van der Waals surface area contributed by atoms with Crippen LogP contribution in [-0.4, -0.2) is 0 Å². The van der Waals surface area contributed by atoms with E-state index in [1.807, 2.05) is 6.92 Å². The summed E-state index contributed by atoms with van der Waals surface area (Å²) in [6.45, 7) is 4.28. The number of aryl methyl sites for hydroxylation is 1. The summed E-state index contributed by atoms with van der Waals surface area (Å²) in [6.07, 6.45) is 14.9. The van der Waals surface area contributed by atoms with Crippen molar-refractivity contribution < 1.29 is 8.78 Å². The van der Waals surface area contributed by atoms with E-state index in [9.17, 15) is 8.78 Å². The fourth-order valence-electron chi connectivity index (χ4n) is 5.18. The van der Waals surface area contributed by atoms with E-state index < -0.39 is 11.6 Å². The van der Waals surface area contributed by atoms with Gasteiger partial charge in [-0.05, 0) is 67.4 Å². The molecule has 0 heterocycles. The van der Waals surface area contributed by atoms with Crippen molar-refractivity contribution in [3.05, 3.63) is 41.0 Å². The second kappa shape index (κ2) is 9.15. The Hall–Kier alpha value is -1.18. The molecule has 0 nitrogen and oxygen atoms in total. The highest BCUT2D eigenvalue weighted by Crippen LogP contribution is 2.42. The predicted octanol–water partition coefficient (Wildman–Crippen LogP) is 7.71. The van der Waals surface area contributed by atoms with Crippen molar-refractivity contribution in [1.82, 2.24) is 0 Å². The summed E-state index contributed by atoms with van der Waals surface area (Å²) >= 11 is 0. The third kappa shape index (κ3) is 4.38. The number of allylic oxidation sites excluding steroid dienone is 2. The van der Waals surface area contributed by atoms with E-state index in [2.05, 4.69) is 13.0 Å². The molecule has 1 unspecified atom stereocenters. The molecule has 0 amide bonds. The molecule has 26 heavy (non-hydrogen) atoms. The summed E-state index contributed by atoms with van der Waals surface area (Å²) in [5.74, 6) is 1.26. The Bertz CT molecular complexity index is 623. The first-order valence-electron chi connectivity index (χ1n) is 10.8. The van der Waals surface area contributed by atoms with Crippen LogP contribution < -0.4 is 0 Å². The molecule has 0 aliphatic heterocycles. The van der Waals surface area contributed by atoms with E-state index in [-0.39, 0.29) is 0 Å². The van der Waals surface area contributed by atoms with Gasteiger partial charge >= 0.3 is 0 Å². The Kier molecular flexibility index (Phi) is 6.89. The van der Waals surface area contributed by atoms with Gasteiger partial charge in [0.1, 0.15) is 0 Å². The third-order valence-electron chi connectivity index (χ3n) is 6.73. The summed E-state index contributed by atoms with van der Waals surface area (Å²) in [7, 11) is 0. The summed E-state index contributed by atoms with van der Waals surface area (Å²) in [4.78, 5) is 0. The minimum absolute atomic E-state index is 0.493. The van der Waals surface area contributed by atoms with Gasteiger partial charge in [-0.3, -0.25) is 0 Å². The number of halogens is 2. The van der Waals surface area contributed by atoms with Crippen molar-refractivity contribution in [2.24, 2.45) is 17.8 Å². The van der Waals surface area contributed by atoms with Crippen molar-refractivity contribution in [3.8, 4) is 0 Å². The summed E-state index contributed by atoms with van der Waals surface area (Å²) in [5.41, 5.74) is 2.01. The molecular weight excluding hydrogens is 326 g/mol. The second-order valence-electron chi connectivity index (χ2n) is 8.48. The van der Waals surface area contributed by atoms with Gasteiger partial charge in [0.05, 0.1) is 0 Å². The molecule has 0 radical (unpaired) electrons. The van der Waals surface area contributed by atoms with Crippen molar-refractivity contribution in [3.63, 3.8) is 0 Å². The van der Waals surface area contributed by atoms with Crippen LogP contribution in [0.1, 0.15) is 89.2 Å². The third-order valence-corrected chi connectivity index (χ3v) is 6.73. The molecule has 0 spiro atoms. The van der Waals surface area contributed by atoms with Gasteiger partial charge < -0.3 is 0 Å². The molecule has 144 valence electrons. The number of hydrogen-bond acceptors (Lipinski definition) is 0. The Morgan fingerprint density at radius 1 is 0.885 bits per heavy atom. The van der Waals surface area contributed by atoms with Crippen LogP contribution in [-0.2, 0) is 6.42 Å². The van der Waals surface area contributed by atoms with Crippen molar-refractivity contribution in [2.45, 2.75) is 84.5 Å². The minimum atomic E-state index is -0.638. The van der Waals surface area contributed by atoms with E-state index in [0.29, 0.717) is 17.5 Å². The van der Waals surface area contributed by atoms with Crippen LogP contribution >= 0.6 is 0 Å². The Labute approximate surface area is 158 Å². The minimum Gasteiger partial charge on any atom is -0.203 e. The average molecular weight is 361 g/mol. The van der Waals surface area contributed by atoms with Crippen LogP contribution in [0.2, 0.25) is 0 Å². The molecule has 2 heteroatoms. The molecule has 0 N–H and O–H groups in total. The SMILES string of the molecule is CCCc1ccc(C2=CCC(C3CCC(CCC)CC3)CC2)c(F)c1F. The van der Waals surface area contributed by atoms with E-state index in [0.717, 1.165) is 49.0 Å². The molecule has 1 saturated carbocycles. The van der Waals surface area contributed by atoms with Crippen LogP contribution in [0, 0.1) is 29.4 Å². The van der Waals surface area contributed by atoms with Gasteiger partial charge in [-0.15, -0.1) is 0 Å². The van der Waals surface area contributed by atoms with Crippen LogP contribution in [0.4, 0.5) is 8.78 Å². The lowest BCUT2D eigenvalue weighted by molar-refractivity contribution is 0.189. The predicted molar refractivity (Wildman–Crippen MR) is 106 cm³/mol. The Morgan fingerprint density at radius 2 is 1.65 bits per heavy atom. The molecule has 2 aliphatic carbocycles. The molecule has 1 aromatic carbocycles. The lowest BCUT2D eigenvalue weighted by atomic mass is 9.70. The standard InChI is InChI=1S/C24H34F2/c1-3-5-17-7-9-18(10-8-17)19-11-13-20(14-12-19)22-16-15-21(6-4-2)23(25)24(22)26/h13,15-19H,3-12,14H2,1-2H3. The average Bonchev–Trinajstić information content (AvgIpc) is 2.67. The topological polar surface area (TPSA) is 0 Å². The lowest BCUT2D eigenvalue weighted by Crippen LogP contribution is -2.23. The maximum atomic E-state index is 14.5. The molecule has 0 aromatic heterocycles. The number of rotatable bonds is 6. The maximum Gasteiger partial charge on any atom is 0.166 e. The van der Waals surface area contributed by atoms with Gasteiger partial charge in [-0.25, -0.2) is 8.78 Å². The molecule has 3 rings (SSSR count). The Morgan fingerprint density at radius 3 is 2.27 bits per heavy atom. The van der Waals surface area contributed by atoms with Crippen molar-refractivity contribution in [1.29, 1.82) is 0 Å². The van der Waals surface area contributed by atoms with Crippen LogP contribution in [0.25, 0.3) is 5.57 Å². The molecule has 0 saturated heterocycles. The van der Waals surface area contributed by atoms with Gasteiger partial charge in [0.2, 0.25) is 0 Å². The molecule has 1 fully saturated rings. The molecule has 1 atom stereocenters. The van der Waals surface area contributed by atoms with Gasteiger partial charge in [-0.2, -0.15) is 0 Å². The van der Waals surface area contributed by atoms with Crippen LogP contribution in [0.15, 0.2) is 18.2 Å². The zero-order valence-electron chi connectivity index (χ0n) is 16.5. The van der Waals surface area contributed by atoms with E-state index in [1.165, 1.54) is 38.5 Å². The zero-order valence-corrected chi connectivity index (χ0v) is 16.5. The highest BCUT2D eigenvalue weighted by molar-refractivity contribution is 5.67. The first-order chi connectivity index (χ1) is 12.6. The van der Waals surface area contributed by atoms with E-state index in [4.69, 9.17) is 0 Å². The van der Waals surface area contributed by atoms with Crippen LogP contribution in [0.3, 0.4) is 0 Å². The van der Waals surface area contributed by atoms with Gasteiger partial charge in [0, 0.05) is 5.56 Å². The van der Waals surface area contributed by atoms with Crippen molar-refractivity contribution >= 4 is 5.57 Å². The molecule has 2 aliphatic rings. The first-order valence-corrected chi connectivity index (χ1v) is 10.8. The fraction of sp³-hybridized carbons (Fsp3) is 0.667. The zero-order chi connectivity index (χ0) is 18.5. The van der Waals surface area contributed by atoms with E-state index in [1.54, 1.807) is 12.1 Å². The maximum absolute atomic E-state index is 14.5. The largest absolute Gasteiger partial charge is 0.203 e. The monoisotopic (exact) mass is 360 g/mol. The van der Waals surface area contributed by atoms with Crippen LogP contribution in [0.5, 0.6) is 0 Å². The van der Waals surface area contributed by atoms with E-state index >= 15 is 0 Å². The highest BCUT2D eigenvalue weighted by atomic mass is 19.2. The van der Waals surface area contributed by atoms with Gasteiger partial charge in [0.25, 0.3) is 0 Å². The van der Waals surface area contributed by atoms with Gasteiger partial charge in [0.15, 0.2) is 11.6 Å². The van der Waals surface area contributed by atoms with Gasteiger partial charge in [-0.1, -0.05) is 64.2 Å². The number of benzene rings is 1. The summed E-state index contributed by atoms with van der Waals surface area (Å²) in [6, 6.07) is 3.57. The number of hydrogen-bond donors (Lipinski definition) is 0. The Balaban J connectivity index is 1.62. The molecular formula is C24H34F2. The smallest absolute Gasteiger partial charge is 0.166 e. The normalized spacial score (nSPS) is 26.6. The quantitative estimate of drug-likeness (QED) is 0.487. The first kappa shape index (κ1) is 19.6. The second-order valence-corrected chi connectivity index (χ2v) is 8.48. The fourth-order valence-corrected chi connectivity index (χ4v) is 5.18. The summed E-state index contributed by atoms with van der Waals surface area (Å²) in [5, 5.41) is 0. The highest BCUT2D eigenvalue weighted by Gasteiger charge is 2.29. The van der Waals surface area contributed by atoms with Crippen molar-refractivity contribution in [2.75, 3.05) is 0 Å². The molecule has 1 aromatic rings. The molecule has 0 bridgehead atoms. The summed E-state index contributed by atoms with van der Waals surface area (Å²) < 4.78 is 28.8. The lowest BCUT2D eigenvalue weighted by Gasteiger charge is -2.35.